The molecular weight excluding hydrogens is 185 g/mol. The Bertz CT molecular complexity index is 165. The third-order valence-corrected chi connectivity index (χ3v) is 1.67. The van der Waals surface area contributed by atoms with Gasteiger partial charge in [-0.3, -0.25) is 4.79 Å². The third kappa shape index (κ3) is 9.17. The summed E-state index contributed by atoms with van der Waals surface area (Å²) in [7, 11) is 0. The van der Waals surface area contributed by atoms with Crippen LogP contribution in [0.4, 0.5) is 13.2 Å². The molecule has 0 bridgehead atoms. The van der Waals surface area contributed by atoms with Gasteiger partial charge in [-0.2, -0.15) is 13.2 Å². The molecule has 13 heavy (non-hydrogen) atoms. The molecule has 0 aromatic rings. The maximum Gasteiger partial charge on any atom is 0.389 e. The third-order valence-electron chi connectivity index (χ3n) is 1.67. The van der Waals surface area contributed by atoms with E-state index < -0.39 is 24.5 Å². The lowest BCUT2D eigenvalue weighted by atomic mass is 10.0. The molecule has 1 N–H and O–H groups in total. The lowest BCUT2D eigenvalue weighted by Crippen LogP contribution is -2.13. The van der Waals surface area contributed by atoms with E-state index in [1.165, 1.54) is 6.92 Å². The molecule has 2 nitrogen and oxygen atoms in total. The van der Waals surface area contributed by atoms with Crippen LogP contribution < -0.4 is 0 Å². The molecule has 0 spiro atoms. The van der Waals surface area contributed by atoms with Gasteiger partial charge in [0.25, 0.3) is 0 Å². The van der Waals surface area contributed by atoms with Crippen molar-refractivity contribution in [2.75, 3.05) is 0 Å². The second-order valence-electron chi connectivity index (χ2n) is 3.21. The van der Waals surface area contributed by atoms with E-state index >= 15 is 0 Å². The van der Waals surface area contributed by atoms with Crippen molar-refractivity contribution in [3.05, 3.63) is 0 Å². The number of alkyl halides is 3. The molecule has 0 heterocycles. The second-order valence-corrected chi connectivity index (χ2v) is 3.21. The SMILES string of the molecule is CC(CCCC(=O)O)CC(F)(F)F. The number of rotatable bonds is 5. The standard InChI is InChI=1S/C8H13F3O2/c1-6(5-8(9,10)11)3-2-4-7(12)13/h6H,2-5H2,1H3,(H,12,13). The number of hydrogen-bond acceptors (Lipinski definition) is 1. The fourth-order valence-electron chi connectivity index (χ4n) is 1.10. The summed E-state index contributed by atoms with van der Waals surface area (Å²) < 4.78 is 35.3. The zero-order chi connectivity index (χ0) is 10.5. The maximum absolute atomic E-state index is 11.8. The van der Waals surface area contributed by atoms with Crippen LogP contribution in [0.3, 0.4) is 0 Å². The van der Waals surface area contributed by atoms with E-state index in [9.17, 15) is 18.0 Å². The quantitative estimate of drug-likeness (QED) is 0.737. The van der Waals surface area contributed by atoms with Gasteiger partial charge in [0.2, 0.25) is 0 Å². The Morgan fingerprint density at radius 3 is 2.38 bits per heavy atom. The van der Waals surface area contributed by atoms with Crippen molar-refractivity contribution >= 4 is 5.97 Å². The summed E-state index contributed by atoms with van der Waals surface area (Å²) >= 11 is 0. The Morgan fingerprint density at radius 2 is 2.00 bits per heavy atom. The van der Waals surface area contributed by atoms with Crippen molar-refractivity contribution in [1.29, 1.82) is 0 Å². The van der Waals surface area contributed by atoms with E-state index in [4.69, 9.17) is 5.11 Å². The fourth-order valence-corrected chi connectivity index (χ4v) is 1.10. The van der Waals surface area contributed by atoms with Gasteiger partial charge in [0, 0.05) is 12.8 Å². The van der Waals surface area contributed by atoms with Crippen molar-refractivity contribution in [2.24, 2.45) is 5.92 Å². The first kappa shape index (κ1) is 12.3. The molecule has 0 saturated carbocycles. The van der Waals surface area contributed by atoms with Crippen LogP contribution in [0.15, 0.2) is 0 Å². The molecule has 5 heteroatoms. The molecule has 0 amide bonds. The summed E-state index contributed by atoms with van der Waals surface area (Å²) in [5.74, 6) is -1.45. The van der Waals surface area contributed by atoms with Crippen LogP contribution in [-0.4, -0.2) is 17.3 Å². The zero-order valence-electron chi connectivity index (χ0n) is 7.40. The Morgan fingerprint density at radius 1 is 1.46 bits per heavy atom. The maximum atomic E-state index is 11.8. The van der Waals surface area contributed by atoms with Gasteiger partial charge in [-0.05, 0) is 18.8 Å². The van der Waals surface area contributed by atoms with E-state index in [0.717, 1.165) is 0 Å². The van der Waals surface area contributed by atoms with Gasteiger partial charge in [-0.25, -0.2) is 0 Å². The van der Waals surface area contributed by atoms with Crippen LogP contribution in [0, 0.1) is 5.92 Å². The Labute approximate surface area is 74.7 Å². The van der Waals surface area contributed by atoms with Crippen molar-refractivity contribution in [1.82, 2.24) is 0 Å². The lowest BCUT2D eigenvalue weighted by molar-refractivity contribution is -0.143. The Kier molecular flexibility index (Phi) is 4.80. The van der Waals surface area contributed by atoms with Gasteiger partial charge in [0.05, 0.1) is 0 Å². The van der Waals surface area contributed by atoms with Gasteiger partial charge in [-0.1, -0.05) is 6.92 Å². The molecule has 0 aromatic heterocycles. The summed E-state index contributed by atoms with van der Waals surface area (Å²) in [5.41, 5.74) is 0. The second kappa shape index (κ2) is 5.09. The molecule has 0 aliphatic heterocycles. The number of carboxylic acids is 1. The zero-order valence-corrected chi connectivity index (χ0v) is 7.40. The molecule has 0 rings (SSSR count). The minimum atomic E-state index is -4.14. The minimum Gasteiger partial charge on any atom is -0.481 e. The first-order valence-electron chi connectivity index (χ1n) is 4.10. The first-order chi connectivity index (χ1) is 5.81. The Balaban J connectivity index is 3.52. The highest BCUT2D eigenvalue weighted by Gasteiger charge is 2.29. The summed E-state index contributed by atoms with van der Waals surface area (Å²) in [6.45, 7) is 1.48. The number of carbonyl (C=O) groups is 1. The highest BCUT2D eigenvalue weighted by atomic mass is 19.4. The molecule has 0 radical (unpaired) electrons. The summed E-state index contributed by atoms with van der Waals surface area (Å²) in [4.78, 5) is 10.0. The Hall–Kier alpha value is -0.740. The highest BCUT2D eigenvalue weighted by molar-refractivity contribution is 5.66. The van der Waals surface area contributed by atoms with Gasteiger partial charge in [0.15, 0.2) is 0 Å². The normalized spacial score (nSPS) is 14.2. The molecular formula is C8H13F3O2. The molecule has 0 aliphatic rings. The summed E-state index contributed by atoms with van der Waals surface area (Å²) in [5, 5.41) is 8.24. The van der Waals surface area contributed by atoms with Gasteiger partial charge in [-0.15, -0.1) is 0 Å². The summed E-state index contributed by atoms with van der Waals surface area (Å²) in [6.07, 6.45) is -4.39. The predicted molar refractivity (Wildman–Crippen MR) is 41.3 cm³/mol. The smallest absolute Gasteiger partial charge is 0.389 e. The predicted octanol–water partition coefficient (Wildman–Crippen LogP) is 2.83. The fraction of sp³-hybridized carbons (Fsp3) is 0.875. The number of halogens is 3. The van der Waals surface area contributed by atoms with E-state index in [1.807, 2.05) is 0 Å². The average Bonchev–Trinajstić information content (AvgIpc) is 1.81. The number of carboxylic acid groups (broad SMARTS) is 1. The number of hydrogen-bond donors (Lipinski definition) is 1. The molecule has 1 unspecified atom stereocenters. The van der Waals surface area contributed by atoms with Crippen molar-refractivity contribution < 1.29 is 23.1 Å². The van der Waals surface area contributed by atoms with Gasteiger partial charge < -0.3 is 5.11 Å². The van der Waals surface area contributed by atoms with E-state index in [-0.39, 0.29) is 6.42 Å². The van der Waals surface area contributed by atoms with Crippen LogP contribution in [0.2, 0.25) is 0 Å². The molecule has 1 atom stereocenters. The summed E-state index contributed by atoms with van der Waals surface area (Å²) in [6, 6.07) is 0. The van der Waals surface area contributed by atoms with Gasteiger partial charge >= 0.3 is 12.1 Å². The van der Waals surface area contributed by atoms with Crippen LogP contribution in [0.25, 0.3) is 0 Å². The minimum absolute atomic E-state index is 0.0534. The molecule has 0 aromatic carbocycles. The van der Waals surface area contributed by atoms with E-state index in [2.05, 4.69) is 0 Å². The van der Waals surface area contributed by atoms with Crippen molar-refractivity contribution in [3.8, 4) is 0 Å². The van der Waals surface area contributed by atoms with E-state index in [0.29, 0.717) is 12.8 Å². The molecule has 0 saturated heterocycles. The van der Waals surface area contributed by atoms with Crippen molar-refractivity contribution in [2.45, 2.75) is 38.8 Å². The molecule has 78 valence electrons. The van der Waals surface area contributed by atoms with Crippen LogP contribution in [0.1, 0.15) is 32.6 Å². The van der Waals surface area contributed by atoms with Crippen LogP contribution in [-0.2, 0) is 4.79 Å². The van der Waals surface area contributed by atoms with Crippen LogP contribution in [0.5, 0.6) is 0 Å². The molecule has 0 fully saturated rings. The topological polar surface area (TPSA) is 37.3 Å². The first-order valence-corrected chi connectivity index (χ1v) is 4.10. The highest BCUT2D eigenvalue weighted by Crippen LogP contribution is 2.27. The van der Waals surface area contributed by atoms with E-state index in [1.54, 1.807) is 0 Å². The van der Waals surface area contributed by atoms with Crippen molar-refractivity contribution in [3.63, 3.8) is 0 Å². The largest absolute Gasteiger partial charge is 0.481 e. The molecule has 0 aliphatic carbocycles. The number of aliphatic carboxylic acids is 1. The average molecular weight is 198 g/mol. The monoisotopic (exact) mass is 198 g/mol. The van der Waals surface area contributed by atoms with Gasteiger partial charge in [0.1, 0.15) is 0 Å². The van der Waals surface area contributed by atoms with Crippen LogP contribution >= 0.6 is 0 Å². The lowest BCUT2D eigenvalue weighted by Gasteiger charge is -2.12.